The fourth-order valence-corrected chi connectivity index (χ4v) is 1.78. The monoisotopic (exact) mass is 437 g/mol. The predicted molar refractivity (Wildman–Crippen MR) is 91.0 cm³/mol. The second kappa shape index (κ2) is 11.0. The van der Waals surface area contributed by atoms with Gasteiger partial charge in [0.15, 0.2) is 25.5 Å². The van der Waals surface area contributed by atoms with E-state index in [1.54, 1.807) is 0 Å². The van der Waals surface area contributed by atoms with Crippen LogP contribution in [0.3, 0.4) is 0 Å². The standard InChI is InChI=1S/C15H21N3O3.F6P/c19-14-16-8-4-1-2-5-9-17-15(20)21-13-12-18-10-6-3-7-11-18;1-7(2,3,4,5)6/h3,6-7,10-11H,1-2,4-5,8-9,12-13H2;/q;-1/p+1. The number of nitrogens with one attached hydrogen (secondary N) is 1. The van der Waals surface area contributed by atoms with Crippen LogP contribution in [0.2, 0.25) is 0 Å². The van der Waals surface area contributed by atoms with E-state index in [0.29, 0.717) is 26.2 Å². The quantitative estimate of drug-likeness (QED) is 0.140. The van der Waals surface area contributed by atoms with Gasteiger partial charge in [-0.25, -0.2) is 19.1 Å². The van der Waals surface area contributed by atoms with Crippen molar-refractivity contribution in [3.05, 3.63) is 30.6 Å². The minimum absolute atomic E-state index is 0.351. The average Bonchev–Trinajstić information content (AvgIpc) is 2.55. The smallest absolute Gasteiger partial charge is 0.407 e. The molecule has 0 fully saturated rings. The maximum Gasteiger partial charge on any atom is 0.407 e. The number of aromatic nitrogens is 1. The van der Waals surface area contributed by atoms with Crippen LogP contribution in [0.1, 0.15) is 25.7 Å². The van der Waals surface area contributed by atoms with E-state index in [4.69, 9.17) is 4.74 Å². The number of alkyl carbamates (subject to hydrolysis) is 1. The molecule has 162 valence electrons. The molecule has 0 saturated heterocycles. The van der Waals surface area contributed by atoms with E-state index in [9.17, 15) is 34.8 Å². The second-order valence-electron chi connectivity index (χ2n) is 5.52. The van der Waals surface area contributed by atoms with Crippen molar-refractivity contribution in [2.75, 3.05) is 19.7 Å². The molecule has 0 saturated carbocycles. The van der Waals surface area contributed by atoms with E-state index in [0.717, 1.165) is 25.7 Å². The molecular formula is C15H22F6N3O3P. The summed E-state index contributed by atoms with van der Waals surface area (Å²) < 4.78 is 66.2. The summed E-state index contributed by atoms with van der Waals surface area (Å²) in [5.74, 6) is 0. The van der Waals surface area contributed by atoms with E-state index < -0.39 is 7.81 Å². The van der Waals surface area contributed by atoms with Crippen LogP contribution in [0.15, 0.2) is 35.6 Å². The summed E-state index contributed by atoms with van der Waals surface area (Å²) >= 11 is 0. The van der Waals surface area contributed by atoms with Crippen molar-refractivity contribution >= 4 is 20.0 Å². The Hall–Kier alpha value is -2.19. The largest absolute Gasteiger partial charge is 0.443 e. The minimum Gasteiger partial charge on any atom is -0.443 e. The summed E-state index contributed by atoms with van der Waals surface area (Å²) in [7, 11) is -10.7. The first kappa shape index (κ1) is 25.8. The van der Waals surface area contributed by atoms with E-state index in [-0.39, 0.29) is 6.09 Å². The number of pyridine rings is 1. The van der Waals surface area contributed by atoms with Gasteiger partial charge in [-0.15, -0.1) is 0 Å². The molecule has 13 heteroatoms. The van der Waals surface area contributed by atoms with Gasteiger partial charge in [-0.05, 0) is 12.8 Å². The molecule has 0 atom stereocenters. The van der Waals surface area contributed by atoms with Crippen molar-refractivity contribution in [3.63, 3.8) is 0 Å². The van der Waals surface area contributed by atoms with Crippen LogP contribution in [-0.2, 0) is 16.1 Å². The zero-order valence-corrected chi connectivity index (χ0v) is 15.8. The molecule has 1 N–H and O–H groups in total. The van der Waals surface area contributed by atoms with Gasteiger partial charge in [0.25, 0.3) is 0 Å². The van der Waals surface area contributed by atoms with Crippen molar-refractivity contribution in [2.24, 2.45) is 4.99 Å². The Morgan fingerprint density at radius 3 is 2.14 bits per heavy atom. The van der Waals surface area contributed by atoms with E-state index in [1.165, 1.54) is 6.08 Å². The molecule has 0 aliphatic rings. The maximum atomic E-state index is 11.4. The average molecular weight is 437 g/mol. The number of nitrogens with zero attached hydrogens (tertiary/aromatic N) is 2. The number of rotatable bonds is 10. The number of aliphatic imine (C=N–C) groups is 1. The maximum absolute atomic E-state index is 11.4. The third-order valence-electron chi connectivity index (χ3n) is 2.89. The number of hydrogen-bond donors (Lipinski definition) is 1. The summed E-state index contributed by atoms with van der Waals surface area (Å²) in [6.45, 7) is 2.14. The topological polar surface area (TPSA) is 71.6 Å². The Morgan fingerprint density at radius 1 is 1.00 bits per heavy atom. The van der Waals surface area contributed by atoms with Crippen molar-refractivity contribution < 1.29 is 44.1 Å². The Kier molecular flexibility index (Phi) is 10.1. The molecule has 0 aromatic carbocycles. The van der Waals surface area contributed by atoms with Gasteiger partial charge >= 0.3 is 39.1 Å². The van der Waals surface area contributed by atoms with Gasteiger partial charge in [-0.2, -0.15) is 0 Å². The zero-order chi connectivity index (χ0) is 21.6. The van der Waals surface area contributed by atoms with Gasteiger partial charge in [0.2, 0.25) is 6.08 Å². The van der Waals surface area contributed by atoms with Gasteiger partial charge < -0.3 is 10.1 Å². The van der Waals surface area contributed by atoms with Crippen LogP contribution in [0, 0.1) is 0 Å². The number of amides is 1. The summed E-state index contributed by atoms with van der Waals surface area (Å²) in [6, 6.07) is 5.80. The van der Waals surface area contributed by atoms with Crippen LogP contribution >= 0.6 is 7.81 Å². The summed E-state index contributed by atoms with van der Waals surface area (Å²) in [5.41, 5.74) is 0. The van der Waals surface area contributed by atoms with Gasteiger partial charge in [0.1, 0.15) is 0 Å². The third-order valence-corrected chi connectivity index (χ3v) is 2.89. The van der Waals surface area contributed by atoms with Crippen LogP contribution in [0.25, 0.3) is 0 Å². The normalized spacial score (nSPS) is 13.1. The van der Waals surface area contributed by atoms with Gasteiger partial charge in [-0.1, -0.05) is 18.9 Å². The fourth-order valence-electron chi connectivity index (χ4n) is 1.78. The molecule has 6 nitrogen and oxygen atoms in total. The van der Waals surface area contributed by atoms with Crippen LogP contribution < -0.4 is 9.88 Å². The molecule has 1 rings (SSSR count). The van der Waals surface area contributed by atoms with E-state index in [2.05, 4.69) is 10.3 Å². The first-order valence-electron chi connectivity index (χ1n) is 8.22. The number of carbonyl (C=O) groups is 1. The molecule has 28 heavy (non-hydrogen) atoms. The van der Waals surface area contributed by atoms with Gasteiger partial charge in [0.05, 0.1) is 6.54 Å². The fraction of sp³-hybridized carbons (Fsp3) is 0.533. The third kappa shape index (κ3) is 26.0. The number of isocyanates is 1. The molecule has 0 unspecified atom stereocenters. The summed E-state index contributed by atoms with van der Waals surface area (Å²) in [4.78, 5) is 24.7. The number of carbonyl (C=O) groups excluding carboxylic acids is 2. The summed E-state index contributed by atoms with van der Waals surface area (Å²) in [6.07, 6.45) is 8.76. The van der Waals surface area contributed by atoms with E-state index in [1.807, 2.05) is 35.2 Å². The van der Waals surface area contributed by atoms with Gasteiger partial charge in [0, 0.05) is 18.7 Å². The number of halogens is 6. The Balaban J connectivity index is 0.000000887. The molecule has 1 heterocycles. The molecule has 0 bridgehead atoms. The molecule has 0 aliphatic heterocycles. The number of ether oxygens (including phenoxy) is 1. The predicted octanol–water partition coefficient (Wildman–Crippen LogP) is 4.98. The second-order valence-corrected chi connectivity index (χ2v) is 7.44. The molecular weight excluding hydrogens is 415 g/mol. The molecule has 1 aromatic rings. The van der Waals surface area contributed by atoms with E-state index >= 15 is 0 Å². The minimum atomic E-state index is -10.7. The van der Waals surface area contributed by atoms with Crippen molar-refractivity contribution in [1.82, 2.24) is 5.32 Å². The van der Waals surface area contributed by atoms with Crippen LogP contribution in [-0.4, -0.2) is 31.9 Å². The Bertz CT molecular complexity index is 626. The molecule has 1 amide bonds. The van der Waals surface area contributed by atoms with Crippen LogP contribution in [0.4, 0.5) is 30.0 Å². The first-order chi connectivity index (χ1) is 12.8. The number of unbranched alkanes of at least 4 members (excludes halogenated alkanes) is 3. The first-order valence-corrected chi connectivity index (χ1v) is 10.3. The molecule has 0 spiro atoms. The molecule has 0 radical (unpaired) electrons. The molecule has 1 aromatic heterocycles. The zero-order valence-electron chi connectivity index (χ0n) is 14.9. The number of hydrogen-bond acceptors (Lipinski definition) is 4. The Morgan fingerprint density at radius 2 is 1.57 bits per heavy atom. The van der Waals surface area contributed by atoms with Gasteiger partial charge in [-0.3, -0.25) is 0 Å². The molecule has 0 aliphatic carbocycles. The SMILES string of the molecule is F[P-](F)(F)(F)(F)F.O=C=NCCCCCCNC(=O)OCC[n+]1ccccc1. The van der Waals surface area contributed by atoms with Crippen molar-refractivity contribution in [1.29, 1.82) is 0 Å². The summed E-state index contributed by atoms with van der Waals surface area (Å²) in [5, 5.41) is 2.71. The van der Waals surface area contributed by atoms with Crippen LogP contribution in [0.5, 0.6) is 0 Å². The van der Waals surface area contributed by atoms with Crippen molar-refractivity contribution in [2.45, 2.75) is 32.2 Å². The van der Waals surface area contributed by atoms with Crippen molar-refractivity contribution in [3.8, 4) is 0 Å². The Labute approximate surface area is 157 Å².